The third kappa shape index (κ3) is 27.2. The normalized spacial score (nSPS) is 11.4. The molecule has 0 fully saturated rings. The van der Waals surface area contributed by atoms with E-state index >= 15 is 0 Å². The average Bonchev–Trinajstić information content (AvgIpc) is 2.52. The Hall–Kier alpha value is 0.910. The van der Waals surface area contributed by atoms with Gasteiger partial charge in [-0.2, -0.15) is 0 Å². The van der Waals surface area contributed by atoms with Crippen molar-refractivity contribution in [3.05, 3.63) is 0 Å². The first-order valence-electron chi connectivity index (χ1n) is 10.5. The first kappa shape index (κ1) is 28.1. The van der Waals surface area contributed by atoms with Gasteiger partial charge in [0.2, 0.25) is 0 Å². The van der Waals surface area contributed by atoms with E-state index in [9.17, 15) is 13.0 Å². The van der Waals surface area contributed by atoms with E-state index in [4.69, 9.17) is 0 Å². The largest absolute Gasteiger partial charge is 1.00 e. The number of unbranched alkanes of at least 4 members (excludes halogenated alkanes) is 17. The summed E-state index contributed by atoms with van der Waals surface area (Å²) < 4.78 is 31.3. The SMILES string of the molecule is CCCCCCCCCCCCCCCCCCCCS(=O)(=O)[O-].[Na+]. The maximum Gasteiger partial charge on any atom is 1.00 e. The van der Waals surface area contributed by atoms with Crippen molar-refractivity contribution < 1.29 is 42.5 Å². The standard InChI is InChI=1S/C20H42O3S.Na/c1-2-3-4-5-6-7-8-9-10-11-12-13-14-15-16-17-18-19-20-24(21,22)23;/h2-20H2,1H3,(H,21,22,23);/q;+1/p-1. The summed E-state index contributed by atoms with van der Waals surface area (Å²) in [6.45, 7) is 2.27. The van der Waals surface area contributed by atoms with E-state index in [0.717, 1.165) is 12.8 Å². The summed E-state index contributed by atoms with van der Waals surface area (Å²) in [4.78, 5) is 0. The molecule has 0 saturated heterocycles. The van der Waals surface area contributed by atoms with Crippen LogP contribution in [0.1, 0.15) is 122 Å². The van der Waals surface area contributed by atoms with Crippen LogP contribution in [-0.2, 0) is 10.1 Å². The molecule has 5 heteroatoms. The zero-order valence-corrected chi connectivity index (χ0v) is 19.9. The van der Waals surface area contributed by atoms with Gasteiger partial charge in [0, 0.05) is 5.75 Å². The van der Waals surface area contributed by atoms with E-state index in [1.807, 2.05) is 0 Å². The maximum atomic E-state index is 10.4. The molecule has 0 aliphatic carbocycles. The van der Waals surface area contributed by atoms with Crippen LogP contribution in [0.25, 0.3) is 0 Å². The predicted octanol–water partition coefficient (Wildman–Crippen LogP) is 3.58. The fourth-order valence-electron chi connectivity index (χ4n) is 3.18. The Bertz CT molecular complexity index is 345. The Morgan fingerprint density at radius 3 is 1.00 bits per heavy atom. The van der Waals surface area contributed by atoms with Crippen molar-refractivity contribution in [2.45, 2.75) is 122 Å². The van der Waals surface area contributed by atoms with Crippen LogP contribution in [0.5, 0.6) is 0 Å². The van der Waals surface area contributed by atoms with Gasteiger partial charge in [-0.3, -0.25) is 0 Å². The quantitative estimate of drug-likeness (QED) is 0.194. The van der Waals surface area contributed by atoms with Gasteiger partial charge in [-0.15, -0.1) is 0 Å². The Labute approximate surface area is 180 Å². The second kappa shape index (κ2) is 21.2. The molecule has 0 spiro atoms. The van der Waals surface area contributed by atoms with Gasteiger partial charge in [0.05, 0.1) is 10.1 Å². The molecule has 0 amide bonds. The Balaban J connectivity index is 0. The summed E-state index contributed by atoms with van der Waals surface area (Å²) in [5.74, 6) is -0.189. The number of hydrogen-bond acceptors (Lipinski definition) is 3. The van der Waals surface area contributed by atoms with Gasteiger partial charge in [-0.1, -0.05) is 116 Å². The minimum atomic E-state index is -4.00. The Morgan fingerprint density at radius 1 is 0.520 bits per heavy atom. The molecule has 3 nitrogen and oxygen atoms in total. The van der Waals surface area contributed by atoms with Crippen molar-refractivity contribution >= 4 is 10.1 Å². The first-order chi connectivity index (χ1) is 11.6. The molecule has 0 aromatic rings. The van der Waals surface area contributed by atoms with Crippen molar-refractivity contribution in [1.29, 1.82) is 0 Å². The minimum Gasteiger partial charge on any atom is -0.748 e. The number of rotatable bonds is 19. The van der Waals surface area contributed by atoms with E-state index in [2.05, 4.69) is 6.92 Å². The Kier molecular flexibility index (Phi) is 23.9. The predicted molar refractivity (Wildman–Crippen MR) is 103 cm³/mol. The fourth-order valence-corrected chi connectivity index (χ4v) is 3.74. The summed E-state index contributed by atoms with van der Waals surface area (Å²) >= 11 is 0. The van der Waals surface area contributed by atoms with Crippen molar-refractivity contribution in [3.8, 4) is 0 Å². The van der Waals surface area contributed by atoms with E-state index in [-0.39, 0.29) is 35.3 Å². The molecular weight excluding hydrogens is 343 g/mol. The molecule has 0 saturated carbocycles. The van der Waals surface area contributed by atoms with E-state index < -0.39 is 10.1 Å². The second-order valence-corrected chi connectivity index (χ2v) is 8.80. The van der Waals surface area contributed by atoms with Crippen molar-refractivity contribution in [2.24, 2.45) is 0 Å². The van der Waals surface area contributed by atoms with E-state index in [1.54, 1.807) is 0 Å². The summed E-state index contributed by atoms with van der Waals surface area (Å²) in [7, 11) is -4.00. The monoisotopic (exact) mass is 384 g/mol. The summed E-state index contributed by atoms with van der Waals surface area (Å²) in [6.07, 6.45) is 23.0. The topological polar surface area (TPSA) is 57.2 Å². The fraction of sp³-hybridized carbons (Fsp3) is 1.00. The molecule has 0 aliphatic rings. The minimum absolute atomic E-state index is 0. The van der Waals surface area contributed by atoms with Crippen LogP contribution in [0, 0.1) is 0 Å². The van der Waals surface area contributed by atoms with E-state index in [0.29, 0.717) is 6.42 Å². The van der Waals surface area contributed by atoms with Gasteiger partial charge in [0.25, 0.3) is 0 Å². The average molecular weight is 385 g/mol. The molecule has 25 heavy (non-hydrogen) atoms. The van der Waals surface area contributed by atoms with Crippen molar-refractivity contribution in [2.75, 3.05) is 5.75 Å². The molecule has 0 heterocycles. The summed E-state index contributed by atoms with van der Waals surface area (Å²) in [5, 5.41) is 0. The van der Waals surface area contributed by atoms with Crippen LogP contribution in [-0.4, -0.2) is 18.7 Å². The molecule has 0 unspecified atom stereocenters. The summed E-state index contributed by atoms with van der Waals surface area (Å²) in [6, 6.07) is 0. The molecule has 0 aromatic heterocycles. The zero-order valence-electron chi connectivity index (χ0n) is 17.1. The molecule has 0 aromatic carbocycles. The van der Waals surface area contributed by atoms with E-state index in [1.165, 1.54) is 96.3 Å². The molecule has 146 valence electrons. The molecule has 0 rings (SSSR count). The van der Waals surface area contributed by atoms with Gasteiger partial charge >= 0.3 is 29.6 Å². The van der Waals surface area contributed by atoms with Gasteiger partial charge in [-0.25, -0.2) is 8.42 Å². The smallest absolute Gasteiger partial charge is 0.748 e. The molecule has 0 N–H and O–H groups in total. The summed E-state index contributed by atoms with van der Waals surface area (Å²) in [5.41, 5.74) is 0. The van der Waals surface area contributed by atoms with Crippen molar-refractivity contribution in [1.82, 2.24) is 0 Å². The number of hydrogen-bond donors (Lipinski definition) is 0. The molecule has 0 aliphatic heterocycles. The molecule has 0 bridgehead atoms. The molecule has 0 radical (unpaired) electrons. The van der Waals surface area contributed by atoms with Gasteiger partial charge in [-0.05, 0) is 6.42 Å². The van der Waals surface area contributed by atoms with Gasteiger partial charge < -0.3 is 4.55 Å². The Morgan fingerprint density at radius 2 is 0.760 bits per heavy atom. The van der Waals surface area contributed by atoms with Crippen LogP contribution >= 0.6 is 0 Å². The van der Waals surface area contributed by atoms with Crippen LogP contribution in [0.15, 0.2) is 0 Å². The van der Waals surface area contributed by atoms with Crippen LogP contribution in [0.4, 0.5) is 0 Å². The third-order valence-corrected chi connectivity index (χ3v) is 5.54. The second-order valence-electron chi connectivity index (χ2n) is 7.27. The van der Waals surface area contributed by atoms with Gasteiger partial charge in [0.15, 0.2) is 0 Å². The zero-order chi connectivity index (χ0) is 17.9. The molecule has 0 atom stereocenters. The maximum absolute atomic E-state index is 10.4. The third-order valence-electron chi connectivity index (χ3n) is 4.75. The van der Waals surface area contributed by atoms with Crippen LogP contribution < -0.4 is 29.6 Å². The first-order valence-corrected chi connectivity index (χ1v) is 12.1. The van der Waals surface area contributed by atoms with Crippen molar-refractivity contribution in [3.63, 3.8) is 0 Å². The van der Waals surface area contributed by atoms with Crippen LogP contribution in [0.3, 0.4) is 0 Å². The van der Waals surface area contributed by atoms with Crippen LogP contribution in [0.2, 0.25) is 0 Å². The molecular formula is C20H41NaO3S. The van der Waals surface area contributed by atoms with Gasteiger partial charge in [0.1, 0.15) is 0 Å².